The third-order valence-electron chi connectivity index (χ3n) is 2.31. The summed E-state index contributed by atoms with van der Waals surface area (Å²) in [6.45, 7) is 0. The molecule has 0 saturated heterocycles. The summed E-state index contributed by atoms with van der Waals surface area (Å²) < 4.78 is 0. The lowest BCUT2D eigenvalue weighted by molar-refractivity contribution is 0.0951. The van der Waals surface area contributed by atoms with Gasteiger partial charge in [-0.1, -0.05) is 17.6 Å². The van der Waals surface area contributed by atoms with E-state index in [2.05, 4.69) is 5.32 Å². The lowest BCUT2D eigenvalue weighted by atomic mass is 9.88. The van der Waals surface area contributed by atoms with E-state index in [4.69, 9.17) is 5.02 Å². The lowest BCUT2D eigenvalue weighted by Crippen LogP contribution is -2.26. The van der Waals surface area contributed by atoms with Crippen molar-refractivity contribution in [2.24, 2.45) is 0 Å². The molecule has 0 heterocycles. The Balaban J connectivity index is 2.03. The minimum Gasteiger partial charge on any atom is -0.449 e. The van der Waals surface area contributed by atoms with Gasteiger partial charge in [0.05, 0.1) is 0 Å². The summed E-state index contributed by atoms with van der Waals surface area (Å²) in [7, 11) is 0.0184. The second-order valence-corrected chi connectivity index (χ2v) is 3.60. The normalized spacial score (nSPS) is 14.9. The topological polar surface area (TPSA) is 49.3 Å². The maximum atomic E-state index is 11.5. The van der Waals surface area contributed by atoms with E-state index in [-0.39, 0.29) is 13.4 Å². The van der Waals surface area contributed by atoms with Crippen molar-refractivity contribution < 1.29 is 9.82 Å². The molecule has 3 nitrogen and oxygen atoms in total. The molecular weight excluding hydrogens is 177 g/mol. The molecule has 72 valence electrons. The summed E-state index contributed by atoms with van der Waals surface area (Å²) in [5.74, 6) is -0.0167. The number of rotatable bonds is 3. The van der Waals surface area contributed by atoms with Gasteiger partial charge in [0.25, 0.3) is 5.91 Å². The monoisotopic (exact) mass is 189 g/mol. The van der Waals surface area contributed by atoms with Gasteiger partial charge < -0.3 is 10.3 Å². The molecule has 1 amide bonds. The molecule has 1 saturated carbocycles. The molecule has 14 heavy (non-hydrogen) atoms. The van der Waals surface area contributed by atoms with Crippen LogP contribution in [0, 0.1) is 0 Å². The van der Waals surface area contributed by atoms with Crippen LogP contribution in [-0.2, 0) is 0 Å². The van der Waals surface area contributed by atoms with Gasteiger partial charge in [-0.3, -0.25) is 4.79 Å². The Morgan fingerprint density at radius 1 is 1.36 bits per heavy atom. The largest absolute Gasteiger partial charge is 0.449 e. The third-order valence-corrected chi connectivity index (χ3v) is 2.31. The fourth-order valence-corrected chi connectivity index (χ4v) is 1.26. The van der Waals surface area contributed by atoms with Crippen molar-refractivity contribution >= 4 is 18.9 Å². The zero-order valence-electron chi connectivity index (χ0n) is 7.86. The predicted molar refractivity (Wildman–Crippen MR) is 55.9 cm³/mol. The van der Waals surface area contributed by atoms with E-state index in [0.29, 0.717) is 11.6 Å². The van der Waals surface area contributed by atoms with Crippen LogP contribution in [0.25, 0.3) is 0 Å². The zero-order valence-corrected chi connectivity index (χ0v) is 7.86. The number of hydrogen-bond donors (Lipinski definition) is 2. The molecule has 0 unspecified atom stereocenters. The van der Waals surface area contributed by atoms with E-state index in [1.165, 1.54) is 0 Å². The first-order chi connectivity index (χ1) is 6.79. The van der Waals surface area contributed by atoms with E-state index in [9.17, 15) is 4.79 Å². The Labute approximate surface area is 83.4 Å². The van der Waals surface area contributed by atoms with E-state index in [1.54, 1.807) is 24.3 Å². The summed E-state index contributed by atoms with van der Waals surface area (Å²) in [6, 6.07) is 7.40. The molecule has 1 aromatic carbocycles. The maximum absolute atomic E-state index is 11.5. The van der Waals surface area contributed by atoms with Gasteiger partial charge >= 0.3 is 7.48 Å². The molecule has 2 N–H and O–H groups in total. The fraction of sp³-hybridized carbons (Fsp3) is 0.300. The SMILES string of the molecule is O=C(NC1CC1)c1ccc(BO)cc1. The number of benzene rings is 1. The molecular formula is C10H12BNO2. The maximum Gasteiger partial charge on any atom is 0.304 e. The molecule has 0 aromatic heterocycles. The quantitative estimate of drug-likeness (QED) is 0.632. The smallest absolute Gasteiger partial charge is 0.304 e. The van der Waals surface area contributed by atoms with Crippen molar-refractivity contribution in [2.75, 3.05) is 0 Å². The van der Waals surface area contributed by atoms with Crippen molar-refractivity contribution in [2.45, 2.75) is 18.9 Å². The number of nitrogens with one attached hydrogen (secondary N) is 1. The number of carbonyl (C=O) groups is 1. The first kappa shape index (κ1) is 9.28. The van der Waals surface area contributed by atoms with Gasteiger partial charge in [-0.2, -0.15) is 0 Å². The Kier molecular flexibility index (Phi) is 2.54. The Hall–Kier alpha value is -1.29. The van der Waals surface area contributed by atoms with Crippen LogP contribution in [0.15, 0.2) is 24.3 Å². The van der Waals surface area contributed by atoms with Crippen LogP contribution in [0.3, 0.4) is 0 Å². The van der Waals surface area contributed by atoms with Crippen LogP contribution >= 0.6 is 0 Å². The van der Waals surface area contributed by atoms with Crippen molar-refractivity contribution in [3.8, 4) is 0 Å². The van der Waals surface area contributed by atoms with Crippen LogP contribution < -0.4 is 10.8 Å². The molecule has 2 rings (SSSR count). The highest BCUT2D eigenvalue weighted by molar-refractivity contribution is 6.45. The molecule has 4 heteroatoms. The Morgan fingerprint density at radius 3 is 2.50 bits per heavy atom. The highest BCUT2D eigenvalue weighted by Gasteiger charge is 2.23. The van der Waals surface area contributed by atoms with Gasteiger partial charge in [-0.15, -0.1) is 0 Å². The average molecular weight is 189 g/mol. The predicted octanol–water partition coefficient (Wildman–Crippen LogP) is -0.452. The van der Waals surface area contributed by atoms with Gasteiger partial charge in [-0.25, -0.2) is 0 Å². The van der Waals surface area contributed by atoms with Crippen molar-refractivity contribution in [3.63, 3.8) is 0 Å². The lowest BCUT2D eigenvalue weighted by Gasteiger charge is -2.03. The molecule has 1 aliphatic carbocycles. The van der Waals surface area contributed by atoms with Gasteiger partial charge in [0, 0.05) is 11.6 Å². The summed E-state index contributed by atoms with van der Waals surface area (Å²) in [5.41, 5.74) is 1.49. The van der Waals surface area contributed by atoms with Gasteiger partial charge in [-0.05, 0) is 25.0 Å². The second-order valence-electron chi connectivity index (χ2n) is 3.60. The third kappa shape index (κ3) is 2.14. The number of hydrogen-bond acceptors (Lipinski definition) is 2. The number of carbonyl (C=O) groups excluding carboxylic acids is 1. The van der Waals surface area contributed by atoms with Crippen LogP contribution in [0.1, 0.15) is 23.2 Å². The van der Waals surface area contributed by atoms with E-state index in [1.807, 2.05) is 0 Å². The first-order valence-electron chi connectivity index (χ1n) is 4.80. The molecule has 0 radical (unpaired) electrons. The standard InChI is InChI=1S/C10H12BNO2/c13-10(12-9-5-6-9)7-1-3-8(11-14)4-2-7/h1-4,9,11,14H,5-6H2,(H,12,13). The van der Waals surface area contributed by atoms with Crippen LogP contribution in [0.2, 0.25) is 0 Å². The van der Waals surface area contributed by atoms with E-state index >= 15 is 0 Å². The highest BCUT2D eigenvalue weighted by atomic mass is 16.2. The van der Waals surface area contributed by atoms with Crippen molar-refractivity contribution in [1.82, 2.24) is 5.32 Å². The first-order valence-corrected chi connectivity index (χ1v) is 4.80. The second kappa shape index (κ2) is 3.84. The molecule has 1 aliphatic rings. The zero-order chi connectivity index (χ0) is 9.97. The highest BCUT2D eigenvalue weighted by Crippen LogP contribution is 2.19. The minimum absolute atomic E-state index is 0.0167. The summed E-state index contributed by atoms with van der Waals surface area (Å²) in [5, 5.41) is 11.7. The molecule has 0 atom stereocenters. The average Bonchev–Trinajstić information content (AvgIpc) is 3.02. The molecule has 0 aliphatic heterocycles. The van der Waals surface area contributed by atoms with Gasteiger partial charge in [0.15, 0.2) is 0 Å². The van der Waals surface area contributed by atoms with E-state index < -0.39 is 0 Å². The molecule has 1 fully saturated rings. The van der Waals surface area contributed by atoms with Gasteiger partial charge in [0.2, 0.25) is 0 Å². The molecule has 1 aromatic rings. The molecule has 0 bridgehead atoms. The van der Waals surface area contributed by atoms with Gasteiger partial charge in [0.1, 0.15) is 0 Å². The van der Waals surface area contributed by atoms with E-state index in [0.717, 1.165) is 18.3 Å². The van der Waals surface area contributed by atoms with Crippen molar-refractivity contribution in [1.29, 1.82) is 0 Å². The summed E-state index contributed by atoms with van der Waals surface area (Å²) in [6.07, 6.45) is 2.20. The van der Waals surface area contributed by atoms with Crippen LogP contribution in [0.5, 0.6) is 0 Å². The minimum atomic E-state index is -0.0167. The van der Waals surface area contributed by atoms with Crippen LogP contribution in [0.4, 0.5) is 0 Å². The summed E-state index contributed by atoms with van der Waals surface area (Å²) in [4.78, 5) is 11.5. The summed E-state index contributed by atoms with van der Waals surface area (Å²) >= 11 is 0. The molecule has 0 spiro atoms. The fourth-order valence-electron chi connectivity index (χ4n) is 1.26. The number of amides is 1. The Morgan fingerprint density at radius 2 is 2.00 bits per heavy atom. The van der Waals surface area contributed by atoms with Crippen LogP contribution in [-0.4, -0.2) is 24.5 Å². The Bertz CT molecular complexity index is 332. The van der Waals surface area contributed by atoms with Crippen molar-refractivity contribution in [3.05, 3.63) is 29.8 Å².